The molecule has 0 fully saturated rings. The second kappa shape index (κ2) is 6.48. The van der Waals surface area contributed by atoms with E-state index in [9.17, 15) is 9.59 Å². The van der Waals surface area contributed by atoms with Crippen LogP contribution in [-0.2, 0) is 17.9 Å². The molecule has 0 bridgehead atoms. The summed E-state index contributed by atoms with van der Waals surface area (Å²) in [7, 11) is 0. The molecule has 0 spiro atoms. The third kappa shape index (κ3) is 3.41. The number of carbonyl (C=O) groups is 1. The molecule has 1 aromatic heterocycles. The summed E-state index contributed by atoms with van der Waals surface area (Å²) in [6.45, 7) is 0.125. The minimum atomic E-state index is -0.564. The first-order valence-corrected chi connectivity index (χ1v) is 7.59. The second-order valence-electron chi connectivity index (χ2n) is 4.93. The molecule has 1 N–H and O–H groups in total. The zero-order valence-electron chi connectivity index (χ0n) is 11.9. The van der Waals surface area contributed by atoms with Crippen LogP contribution in [0.2, 0.25) is 10.0 Å². The molecule has 1 amide bonds. The molecule has 3 aromatic rings. The maximum atomic E-state index is 12.1. The minimum absolute atomic E-state index is 0.124. The van der Waals surface area contributed by atoms with Crippen LogP contribution in [0.3, 0.4) is 0 Å². The van der Waals surface area contributed by atoms with Crippen molar-refractivity contribution < 1.29 is 9.21 Å². The van der Waals surface area contributed by atoms with Crippen LogP contribution in [0, 0.1) is 0 Å². The molecule has 3 rings (SSSR count). The summed E-state index contributed by atoms with van der Waals surface area (Å²) in [4.78, 5) is 23.9. The molecule has 1 heterocycles. The van der Waals surface area contributed by atoms with E-state index in [1.807, 2.05) is 0 Å². The molecule has 7 heteroatoms. The van der Waals surface area contributed by atoms with Crippen molar-refractivity contribution in [2.75, 3.05) is 0 Å². The van der Waals surface area contributed by atoms with E-state index in [2.05, 4.69) is 5.32 Å². The maximum Gasteiger partial charge on any atom is 0.420 e. The van der Waals surface area contributed by atoms with E-state index < -0.39 is 5.76 Å². The van der Waals surface area contributed by atoms with Crippen molar-refractivity contribution in [1.82, 2.24) is 9.88 Å². The molecule has 2 aromatic carbocycles. The van der Waals surface area contributed by atoms with Crippen molar-refractivity contribution in [2.24, 2.45) is 0 Å². The number of aromatic nitrogens is 1. The predicted octanol–water partition coefficient (Wildman–Crippen LogP) is 3.22. The molecular weight excluding hydrogens is 339 g/mol. The van der Waals surface area contributed by atoms with Crippen molar-refractivity contribution in [2.45, 2.75) is 13.1 Å². The highest BCUT2D eigenvalue weighted by atomic mass is 35.5. The average molecular weight is 351 g/mol. The van der Waals surface area contributed by atoms with Gasteiger partial charge in [-0.25, -0.2) is 4.79 Å². The lowest BCUT2D eigenvalue weighted by Gasteiger charge is -2.07. The monoisotopic (exact) mass is 350 g/mol. The standard InChI is InChI=1S/C16H12Cl2N2O3/c17-11-6-5-10(12(18)7-11)8-19-15(21)9-20-13-3-1-2-4-14(13)23-16(20)22/h1-7H,8-9H2,(H,19,21). The van der Waals surface area contributed by atoms with E-state index in [-0.39, 0.29) is 19.0 Å². The van der Waals surface area contributed by atoms with Crippen LogP contribution in [0.15, 0.2) is 51.7 Å². The average Bonchev–Trinajstić information content (AvgIpc) is 2.82. The van der Waals surface area contributed by atoms with Crippen molar-refractivity contribution in [3.8, 4) is 0 Å². The lowest BCUT2D eigenvalue weighted by Crippen LogP contribution is -2.30. The molecule has 0 saturated heterocycles. The van der Waals surface area contributed by atoms with Crippen LogP contribution >= 0.6 is 23.2 Å². The first-order chi connectivity index (χ1) is 11.0. The van der Waals surface area contributed by atoms with Gasteiger partial charge >= 0.3 is 5.76 Å². The smallest absolute Gasteiger partial charge is 0.408 e. The third-order valence-corrected chi connectivity index (χ3v) is 3.95. The highest BCUT2D eigenvalue weighted by Gasteiger charge is 2.12. The van der Waals surface area contributed by atoms with Gasteiger partial charge in [0, 0.05) is 16.6 Å². The van der Waals surface area contributed by atoms with Crippen LogP contribution in [0.1, 0.15) is 5.56 Å². The number of carbonyl (C=O) groups excluding carboxylic acids is 1. The van der Waals surface area contributed by atoms with Crippen LogP contribution in [-0.4, -0.2) is 10.5 Å². The molecule has 0 aliphatic heterocycles. The van der Waals surface area contributed by atoms with E-state index >= 15 is 0 Å². The molecule has 118 valence electrons. The number of benzene rings is 2. The molecule has 0 unspecified atom stereocenters. The van der Waals surface area contributed by atoms with E-state index in [1.54, 1.807) is 42.5 Å². The van der Waals surface area contributed by atoms with Gasteiger partial charge in [0.2, 0.25) is 5.91 Å². The highest BCUT2D eigenvalue weighted by Crippen LogP contribution is 2.20. The maximum absolute atomic E-state index is 12.1. The van der Waals surface area contributed by atoms with Crippen LogP contribution in [0.5, 0.6) is 0 Å². The summed E-state index contributed by atoms with van der Waals surface area (Å²) in [5, 5.41) is 3.73. The largest absolute Gasteiger partial charge is 0.420 e. The summed E-state index contributed by atoms with van der Waals surface area (Å²) in [5.74, 6) is -0.879. The topological polar surface area (TPSA) is 64.2 Å². The number of nitrogens with zero attached hydrogens (tertiary/aromatic N) is 1. The highest BCUT2D eigenvalue weighted by molar-refractivity contribution is 6.35. The Morgan fingerprint density at radius 1 is 1.17 bits per heavy atom. The quantitative estimate of drug-likeness (QED) is 0.785. The number of amides is 1. The van der Waals surface area contributed by atoms with E-state index in [4.69, 9.17) is 27.6 Å². The van der Waals surface area contributed by atoms with Gasteiger partial charge in [0.05, 0.1) is 5.52 Å². The fourth-order valence-corrected chi connectivity index (χ4v) is 2.70. The number of hydrogen-bond acceptors (Lipinski definition) is 3. The Morgan fingerprint density at radius 3 is 2.74 bits per heavy atom. The minimum Gasteiger partial charge on any atom is -0.408 e. The lowest BCUT2D eigenvalue weighted by molar-refractivity contribution is -0.121. The zero-order valence-corrected chi connectivity index (χ0v) is 13.4. The molecule has 5 nitrogen and oxygen atoms in total. The van der Waals surface area contributed by atoms with Crippen LogP contribution in [0.4, 0.5) is 0 Å². The van der Waals surface area contributed by atoms with Gasteiger partial charge in [-0.3, -0.25) is 9.36 Å². The summed E-state index contributed by atoms with van der Waals surface area (Å²) in [6.07, 6.45) is 0. The van der Waals surface area contributed by atoms with E-state index in [0.29, 0.717) is 21.1 Å². The lowest BCUT2D eigenvalue weighted by atomic mass is 10.2. The predicted molar refractivity (Wildman–Crippen MR) is 88.8 cm³/mol. The third-order valence-electron chi connectivity index (χ3n) is 3.37. The van der Waals surface area contributed by atoms with Crippen LogP contribution in [0.25, 0.3) is 11.1 Å². The molecule has 0 saturated carbocycles. The SMILES string of the molecule is O=C(Cn1c(=O)oc2ccccc21)NCc1ccc(Cl)cc1Cl. The van der Waals surface area contributed by atoms with E-state index in [1.165, 1.54) is 4.57 Å². The fourth-order valence-electron chi connectivity index (χ4n) is 2.22. The number of rotatable bonds is 4. The summed E-state index contributed by atoms with van der Waals surface area (Å²) >= 11 is 11.9. The van der Waals surface area contributed by atoms with Gasteiger partial charge in [-0.15, -0.1) is 0 Å². The normalized spacial score (nSPS) is 10.9. The number of para-hydroxylation sites is 2. The number of oxazole rings is 1. The Bertz CT molecular complexity index is 930. The number of nitrogens with one attached hydrogen (secondary N) is 1. The first kappa shape index (κ1) is 15.6. The Morgan fingerprint density at radius 2 is 1.96 bits per heavy atom. The van der Waals surface area contributed by atoms with Crippen molar-refractivity contribution in [3.05, 3.63) is 68.6 Å². The number of hydrogen-bond donors (Lipinski definition) is 1. The summed E-state index contributed by atoms with van der Waals surface area (Å²) in [6, 6.07) is 12.0. The molecule has 0 aliphatic carbocycles. The molecular formula is C16H12Cl2N2O3. The first-order valence-electron chi connectivity index (χ1n) is 6.83. The molecule has 0 radical (unpaired) electrons. The Hall–Kier alpha value is -2.24. The second-order valence-corrected chi connectivity index (χ2v) is 5.78. The Kier molecular flexibility index (Phi) is 4.41. The van der Waals surface area contributed by atoms with Crippen LogP contribution < -0.4 is 11.1 Å². The molecule has 23 heavy (non-hydrogen) atoms. The van der Waals surface area contributed by atoms with Gasteiger partial charge < -0.3 is 9.73 Å². The van der Waals surface area contributed by atoms with Gasteiger partial charge in [0.1, 0.15) is 6.54 Å². The van der Waals surface area contributed by atoms with Gasteiger partial charge in [-0.1, -0.05) is 41.4 Å². The summed E-state index contributed by atoms with van der Waals surface area (Å²) in [5.41, 5.74) is 1.78. The van der Waals surface area contributed by atoms with Crippen molar-refractivity contribution >= 4 is 40.2 Å². The molecule has 0 aliphatic rings. The molecule has 0 atom stereocenters. The summed E-state index contributed by atoms with van der Waals surface area (Å²) < 4.78 is 6.37. The Balaban J connectivity index is 1.72. The number of fused-ring (bicyclic) bond motifs is 1. The van der Waals surface area contributed by atoms with Crippen molar-refractivity contribution in [3.63, 3.8) is 0 Å². The van der Waals surface area contributed by atoms with Gasteiger partial charge in [0.15, 0.2) is 5.58 Å². The van der Waals surface area contributed by atoms with Crippen molar-refractivity contribution in [1.29, 1.82) is 0 Å². The fraction of sp³-hybridized carbons (Fsp3) is 0.125. The Labute approximate surface area is 141 Å². The van der Waals surface area contributed by atoms with Gasteiger partial charge in [-0.2, -0.15) is 0 Å². The van der Waals surface area contributed by atoms with Gasteiger partial charge in [0.25, 0.3) is 0 Å². The van der Waals surface area contributed by atoms with E-state index in [0.717, 1.165) is 5.56 Å². The zero-order chi connectivity index (χ0) is 16.4. The van der Waals surface area contributed by atoms with Gasteiger partial charge in [-0.05, 0) is 29.8 Å². The number of halogens is 2.